The summed E-state index contributed by atoms with van der Waals surface area (Å²) in [6.07, 6.45) is 6.59. The largest absolute Gasteiger partial charge is 0.370 e. The molecule has 0 spiro atoms. The summed E-state index contributed by atoms with van der Waals surface area (Å²) < 4.78 is 0. The predicted octanol–water partition coefficient (Wildman–Crippen LogP) is 3.10. The maximum absolute atomic E-state index is 5.82. The fourth-order valence-electron chi connectivity index (χ4n) is 2.24. The highest BCUT2D eigenvalue weighted by Crippen LogP contribution is 2.27. The fraction of sp³-hybridized carbons (Fsp3) is 0.357. The molecule has 0 saturated heterocycles. The van der Waals surface area contributed by atoms with Gasteiger partial charge in [-0.15, -0.1) is 30.6 Å². The highest BCUT2D eigenvalue weighted by atomic mass is 127. The van der Waals surface area contributed by atoms with Crippen LogP contribution in [0.1, 0.15) is 24.0 Å². The fourth-order valence-corrected chi connectivity index (χ4v) is 2.24. The van der Waals surface area contributed by atoms with Gasteiger partial charge in [-0.25, -0.2) is 4.99 Å². The van der Waals surface area contributed by atoms with Crippen LogP contribution >= 0.6 is 24.0 Å². The third-order valence-electron chi connectivity index (χ3n) is 3.05. The smallest absolute Gasteiger partial charge is 0.193 e. The Balaban J connectivity index is 0.00000162. The third kappa shape index (κ3) is 3.73. The van der Waals surface area contributed by atoms with E-state index >= 15 is 0 Å². The van der Waals surface area contributed by atoms with Crippen molar-refractivity contribution in [2.24, 2.45) is 10.7 Å². The Morgan fingerprint density at radius 1 is 1.39 bits per heavy atom. The molecule has 0 bridgehead atoms. The molecular formula is C14H20IN3. The lowest BCUT2D eigenvalue weighted by Gasteiger charge is -2.19. The molecule has 0 aromatic heterocycles. The second kappa shape index (κ2) is 7.41. The second-order valence-electron chi connectivity index (χ2n) is 4.29. The Labute approximate surface area is 126 Å². The van der Waals surface area contributed by atoms with E-state index in [1.54, 1.807) is 6.08 Å². The number of nitrogens with zero attached hydrogens (tertiary/aromatic N) is 1. The first-order valence-electron chi connectivity index (χ1n) is 6.10. The van der Waals surface area contributed by atoms with Gasteiger partial charge in [0.15, 0.2) is 5.96 Å². The number of aryl methyl sites for hydroxylation is 1. The minimum absolute atomic E-state index is 0. The average molecular weight is 357 g/mol. The van der Waals surface area contributed by atoms with Crippen molar-refractivity contribution >= 4 is 35.6 Å². The van der Waals surface area contributed by atoms with Crippen LogP contribution < -0.4 is 11.1 Å². The van der Waals surface area contributed by atoms with Gasteiger partial charge < -0.3 is 11.1 Å². The molecule has 0 fully saturated rings. The molecule has 0 heterocycles. The number of hydrogen-bond acceptors (Lipinski definition) is 1. The lowest BCUT2D eigenvalue weighted by molar-refractivity contribution is 0.687. The lowest BCUT2D eigenvalue weighted by atomic mass is 9.90. The van der Waals surface area contributed by atoms with E-state index in [9.17, 15) is 0 Å². The van der Waals surface area contributed by atoms with E-state index in [0.717, 1.165) is 12.1 Å². The molecule has 1 aromatic rings. The number of benzene rings is 1. The maximum atomic E-state index is 5.82. The van der Waals surface area contributed by atoms with Gasteiger partial charge in [0.2, 0.25) is 0 Å². The van der Waals surface area contributed by atoms with E-state index in [1.807, 2.05) is 0 Å². The van der Waals surface area contributed by atoms with Crippen molar-refractivity contribution in [3.05, 3.63) is 42.0 Å². The van der Waals surface area contributed by atoms with E-state index < -0.39 is 0 Å². The Hall–Kier alpha value is -1.04. The summed E-state index contributed by atoms with van der Waals surface area (Å²) in [5.74, 6) is 0.462. The van der Waals surface area contributed by atoms with Crippen molar-refractivity contribution in [2.75, 3.05) is 11.9 Å². The summed E-state index contributed by atoms with van der Waals surface area (Å²) in [6.45, 7) is 4.17. The van der Waals surface area contributed by atoms with Crippen LogP contribution in [0.3, 0.4) is 0 Å². The standard InChI is InChI=1S/C14H19N3.HI/c1-2-10-16-14(15)17-13-9-5-7-11-6-3-4-8-12(11)13;/h2,5,7,9H,1,3-4,6,8,10H2,(H3,15,16,17);1H. The normalized spacial score (nSPS) is 14.3. The van der Waals surface area contributed by atoms with Gasteiger partial charge in [0.25, 0.3) is 0 Å². The van der Waals surface area contributed by atoms with Crippen LogP contribution in [-0.2, 0) is 12.8 Å². The molecule has 0 aliphatic heterocycles. The minimum Gasteiger partial charge on any atom is -0.370 e. The quantitative estimate of drug-likeness (QED) is 0.378. The van der Waals surface area contributed by atoms with Crippen molar-refractivity contribution < 1.29 is 0 Å². The number of hydrogen-bond donors (Lipinski definition) is 2. The molecule has 2 rings (SSSR count). The lowest BCUT2D eigenvalue weighted by Crippen LogP contribution is -2.24. The number of nitrogens with two attached hydrogens (primary N) is 1. The van der Waals surface area contributed by atoms with Gasteiger partial charge in [0.1, 0.15) is 0 Å². The number of fused-ring (bicyclic) bond motifs is 1. The van der Waals surface area contributed by atoms with Crippen molar-refractivity contribution in [2.45, 2.75) is 25.7 Å². The van der Waals surface area contributed by atoms with Gasteiger partial charge in [-0.3, -0.25) is 0 Å². The molecule has 3 N–H and O–H groups in total. The minimum atomic E-state index is 0. The van der Waals surface area contributed by atoms with Crippen LogP contribution in [0.25, 0.3) is 0 Å². The van der Waals surface area contributed by atoms with Crippen LogP contribution in [0.4, 0.5) is 5.69 Å². The highest BCUT2D eigenvalue weighted by molar-refractivity contribution is 14.0. The van der Waals surface area contributed by atoms with Gasteiger partial charge >= 0.3 is 0 Å². The van der Waals surface area contributed by atoms with Crippen molar-refractivity contribution in [3.63, 3.8) is 0 Å². The number of nitrogens with one attached hydrogen (secondary N) is 1. The topological polar surface area (TPSA) is 50.4 Å². The molecule has 0 unspecified atom stereocenters. The molecule has 4 heteroatoms. The maximum Gasteiger partial charge on any atom is 0.193 e. The first kappa shape index (κ1) is 15.0. The van der Waals surface area contributed by atoms with Crippen molar-refractivity contribution in [1.82, 2.24) is 0 Å². The molecule has 1 aliphatic carbocycles. The number of anilines is 1. The van der Waals surface area contributed by atoms with Crippen LogP contribution in [0.5, 0.6) is 0 Å². The average Bonchev–Trinajstić information content (AvgIpc) is 2.37. The SMILES string of the molecule is C=CCN=C(N)Nc1cccc2c1CCCC2.I. The molecule has 1 aliphatic rings. The predicted molar refractivity (Wildman–Crippen MR) is 88.8 cm³/mol. The monoisotopic (exact) mass is 357 g/mol. The Morgan fingerprint density at radius 3 is 2.94 bits per heavy atom. The zero-order valence-electron chi connectivity index (χ0n) is 10.5. The molecule has 0 atom stereocenters. The van der Waals surface area contributed by atoms with E-state index in [4.69, 9.17) is 5.73 Å². The van der Waals surface area contributed by atoms with Crippen molar-refractivity contribution in [1.29, 1.82) is 0 Å². The molecule has 0 saturated carbocycles. The summed E-state index contributed by atoms with van der Waals surface area (Å²) >= 11 is 0. The summed E-state index contributed by atoms with van der Waals surface area (Å²) in [5.41, 5.74) is 9.76. The Morgan fingerprint density at radius 2 is 2.17 bits per heavy atom. The number of halogens is 1. The van der Waals surface area contributed by atoms with Gasteiger partial charge in [0.05, 0.1) is 6.54 Å². The van der Waals surface area contributed by atoms with E-state index in [1.165, 1.54) is 30.4 Å². The first-order chi connectivity index (χ1) is 8.31. The van der Waals surface area contributed by atoms with Gasteiger partial charge in [0, 0.05) is 5.69 Å². The van der Waals surface area contributed by atoms with E-state index in [2.05, 4.69) is 35.1 Å². The Bertz CT molecular complexity index is 441. The first-order valence-corrected chi connectivity index (χ1v) is 6.10. The van der Waals surface area contributed by atoms with Gasteiger partial charge in [-0.05, 0) is 42.9 Å². The van der Waals surface area contributed by atoms with Crippen LogP contribution in [-0.4, -0.2) is 12.5 Å². The van der Waals surface area contributed by atoms with Crippen molar-refractivity contribution in [3.8, 4) is 0 Å². The molecule has 18 heavy (non-hydrogen) atoms. The second-order valence-corrected chi connectivity index (χ2v) is 4.29. The summed E-state index contributed by atoms with van der Waals surface area (Å²) in [6, 6.07) is 6.35. The summed E-state index contributed by atoms with van der Waals surface area (Å²) in [5, 5.41) is 3.18. The van der Waals surface area contributed by atoms with E-state index in [0.29, 0.717) is 12.5 Å². The highest BCUT2D eigenvalue weighted by Gasteiger charge is 2.12. The molecule has 0 radical (unpaired) electrons. The molecule has 3 nitrogen and oxygen atoms in total. The van der Waals surface area contributed by atoms with Crippen LogP contribution in [0.15, 0.2) is 35.8 Å². The van der Waals surface area contributed by atoms with E-state index in [-0.39, 0.29) is 24.0 Å². The Kier molecular flexibility index (Phi) is 6.18. The molecule has 1 aromatic carbocycles. The zero-order chi connectivity index (χ0) is 12.1. The molecular weight excluding hydrogens is 337 g/mol. The van der Waals surface area contributed by atoms with Gasteiger partial charge in [-0.2, -0.15) is 0 Å². The molecule has 0 amide bonds. The number of aliphatic imine (C=N–C) groups is 1. The summed E-state index contributed by atoms with van der Waals surface area (Å²) in [7, 11) is 0. The number of rotatable bonds is 3. The summed E-state index contributed by atoms with van der Waals surface area (Å²) in [4.78, 5) is 4.15. The number of guanidine groups is 1. The third-order valence-corrected chi connectivity index (χ3v) is 3.05. The van der Waals surface area contributed by atoms with Gasteiger partial charge in [-0.1, -0.05) is 18.2 Å². The van der Waals surface area contributed by atoms with Crippen LogP contribution in [0.2, 0.25) is 0 Å². The zero-order valence-corrected chi connectivity index (χ0v) is 12.8. The van der Waals surface area contributed by atoms with Crippen LogP contribution in [0, 0.1) is 0 Å². The molecule has 98 valence electrons.